The molecule has 0 saturated carbocycles. The molecule has 8 heteroatoms. The lowest BCUT2D eigenvalue weighted by Gasteiger charge is -2.18. The standard InChI is InChI=1S/C19H17N3O5/c23-19(20-6-5-12-11-21-15-4-2-1-3-13(12)15)14-9-17-18(27-8-7-26-17)10-16(14)22(24)25/h1-4,9-11,21H,5-8H2,(H,20,23). The van der Waals surface area contributed by atoms with Gasteiger partial charge in [-0.25, -0.2) is 0 Å². The normalized spacial score (nSPS) is 12.7. The highest BCUT2D eigenvalue weighted by Gasteiger charge is 2.26. The molecule has 2 aromatic carbocycles. The molecule has 1 aromatic heterocycles. The summed E-state index contributed by atoms with van der Waals surface area (Å²) in [6.07, 6.45) is 2.51. The third kappa shape index (κ3) is 3.29. The summed E-state index contributed by atoms with van der Waals surface area (Å²) in [5.41, 5.74) is 1.76. The fourth-order valence-corrected chi connectivity index (χ4v) is 3.16. The lowest BCUT2D eigenvalue weighted by molar-refractivity contribution is -0.385. The number of carbonyl (C=O) groups is 1. The lowest BCUT2D eigenvalue weighted by atomic mass is 10.1. The van der Waals surface area contributed by atoms with Crippen LogP contribution >= 0.6 is 0 Å². The summed E-state index contributed by atoms with van der Waals surface area (Å²) in [5, 5.41) is 15.2. The van der Waals surface area contributed by atoms with Gasteiger partial charge in [-0.1, -0.05) is 18.2 Å². The van der Waals surface area contributed by atoms with Crippen LogP contribution in [0.3, 0.4) is 0 Å². The highest BCUT2D eigenvalue weighted by molar-refractivity contribution is 5.99. The monoisotopic (exact) mass is 367 g/mol. The van der Waals surface area contributed by atoms with Crippen molar-refractivity contribution in [2.75, 3.05) is 19.8 Å². The second-order valence-electron chi connectivity index (χ2n) is 6.14. The number of hydrogen-bond donors (Lipinski definition) is 2. The van der Waals surface area contributed by atoms with Crippen LogP contribution in [0.25, 0.3) is 10.9 Å². The number of aromatic amines is 1. The molecule has 1 aliphatic rings. The van der Waals surface area contributed by atoms with E-state index < -0.39 is 10.8 Å². The van der Waals surface area contributed by atoms with Crippen LogP contribution in [0.4, 0.5) is 5.69 Å². The maximum Gasteiger partial charge on any atom is 0.286 e. The van der Waals surface area contributed by atoms with Crippen LogP contribution in [-0.2, 0) is 6.42 Å². The maximum atomic E-state index is 12.5. The molecule has 0 unspecified atom stereocenters. The molecule has 2 heterocycles. The number of nitro benzene ring substituents is 1. The summed E-state index contributed by atoms with van der Waals surface area (Å²) in [6.45, 7) is 1.01. The van der Waals surface area contributed by atoms with Crippen molar-refractivity contribution in [1.29, 1.82) is 0 Å². The largest absolute Gasteiger partial charge is 0.486 e. The Bertz CT molecular complexity index is 1030. The number of benzene rings is 2. The number of para-hydroxylation sites is 1. The van der Waals surface area contributed by atoms with Gasteiger partial charge in [0.05, 0.1) is 11.0 Å². The lowest BCUT2D eigenvalue weighted by Crippen LogP contribution is -2.27. The molecule has 3 aromatic rings. The molecule has 4 rings (SSSR count). The van der Waals surface area contributed by atoms with Gasteiger partial charge in [-0.15, -0.1) is 0 Å². The first-order valence-electron chi connectivity index (χ1n) is 8.54. The van der Waals surface area contributed by atoms with Crippen LogP contribution in [0.5, 0.6) is 11.5 Å². The van der Waals surface area contributed by atoms with E-state index in [0.29, 0.717) is 31.9 Å². The van der Waals surface area contributed by atoms with Gasteiger partial charge in [0.25, 0.3) is 11.6 Å². The van der Waals surface area contributed by atoms with Crippen molar-refractivity contribution in [3.05, 3.63) is 63.8 Å². The molecular weight excluding hydrogens is 350 g/mol. The zero-order chi connectivity index (χ0) is 18.8. The molecule has 0 aliphatic carbocycles. The number of aromatic nitrogens is 1. The first-order chi connectivity index (χ1) is 13.1. The summed E-state index contributed by atoms with van der Waals surface area (Å²) in [6, 6.07) is 10.5. The molecule has 8 nitrogen and oxygen atoms in total. The van der Waals surface area contributed by atoms with Crippen LogP contribution in [-0.4, -0.2) is 35.6 Å². The van der Waals surface area contributed by atoms with E-state index in [1.807, 2.05) is 30.5 Å². The van der Waals surface area contributed by atoms with Crippen LogP contribution in [0.2, 0.25) is 0 Å². The summed E-state index contributed by atoms with van der Waals surface area (Å²) < 4.78 is 10.8. The van der Waals surface area contributed by atoms with Crippen molar-refractivity contribution >= 4 is 22.5 Å². The van der Waals surface area contributed by atoms with Crippen LogP contribution in [0.15, 0.2) is 42.6 Å². The fraction of sp³-hybridized carbons (Fsp3) is 0.211. The van der Waals surface area contributed by atoms with Crippen molar-refractivity contribution in [3.8, 4) is 11.5 Å². The van der Waals surface area contributed by atoms with Crippen LogP contribution in [0.1, 0.15) is 15.9 Å². The molecule has 0 bridgehead atoms. The number of nitro groups is 1. The molecule has 138 valence electrons. The highest BCUT2D eigenvalue weighted by Crippen LogP contribution is 2.36. The second kappa shape index (κ2) is 6.99. The van der Waals surface area contributed by atoms with Crippen LogP contribution < -0.4 is 14.8 Å². The molecule has 0 saturated heterocycles. The van der Waals surface area contributed by atoms with Crippen molar-refractivity contribution in [2.24, 2.45) is 0 Å². The number of fused-ring (bicyclic) bond motifs is 2. The second-order valence-corrected chi connectivity index (χ2v) is 6.14. The Morgan fingerprint density at radius 1 is 1.19 bits per heavy atom. The minimum absolute atomic E-state index is 0.0387. The van der Waals surface area contributed by atoms with E-state index in [4.69, 9.17) is 9.47 Å². The van der Waals surface area contributed by atoms with E-state index in [1.165, 1.54) is 12.1 Å². The predicted molar refractivity (Wildman–Crippen MR) is 98.4 cm³/mol. The molecule has 0 radical (unpaired) electrons. The first kappa shape index (κ1) is 16.9. The topological polar surface area (TPSA) is 106 Å². The molecule has 0 spiro atoms. The minimum atomic E-state index is -0.590. The van der Waals surface area contributed by atoms with E-state index in [2.05, 4.69) is 10.3 Å². The van der Waals surface area contributed by atoms with Gasteiger partial charge in [-0.2, -0.15) is 0 Å². The van der Waals surface area contributed by atoms with Gasteiger partial charge >= 0.3 is 0 Å². The molecular formula is C19H17N3O5. The number of nitrogens with one attached hydrogen (secondary N) is 2. The quantitative estimate of drug-likeness (QED) is 0.533. The Hall–Kier alpha value is -3.55. The van der Waals surface area contributed by atoms with Crippen molar-refractivity contribution in [2.45, 2.75) is 6.42 Å². The Balaban J connectivity index is 1.50. The van der Waals surface area contributed by atoms with E-state index in [1.54, 1.807) is 0 Å². The zero-order valence-electron chi connectivity index (χ0n) is 14.4. The van der Waals surface area contributed by atoms with E-state index in [0.717, 1.165) is 16.5 Å². The van der Waals surface area contributed by atoms with Crippen molar-refractivity contribution < 1.29 is 19.2 Å². The Kier molecular flexibility index (Phi) is 4.37. The number of ether oxygens (including phenoxy) is 2. The zero-order valence-corrected chi connectivity index (χ0v) is 14.4. The first-order valence-corrected chi connectivity index (χ1v) is 8.54. The summed E-state index contributed by atoms with van der Waals surface area (Å²) in [7, 11) is 0. The maximum absolute atomic E-state index is 12.5. The van der Waals surface area contributed by atoms with Gasteiger partial charge in [0.2, 0.25) is 0 Å². The summed E-state index contributed by atoms with van der Waals surface area (Å²) in [4.78, 5) is 26.5. The number of amides is 1. The number of carbonyl (C=O) groups excluding carboxylic acids is 1. The molecule has 1 aliphatic heterocycles. The average Bonchev–Trinajstić information content (AvgIpc) is 3.10. The van der Waals surface area contributed by atoms with Gasteiger partial charge in [-0.3, -0.25) is 14.9 Å². The van der Waals surface area contributed by atoms with Gasteiger partial charge in [0, 0.05) is 29.7 Å². The fourth-order valence-electron chi connectivity index (χ4n) is 3.16. The minimum Gasteiger partial charge on any atom is -0.486 e. The molecule has 2 N–H and O–H groups in total. The van der Waals surface area contributed by atoms with Gasteiger partial charge < -0.3 is 19.8 Å². The molecule has 0 atom stereocenters. The summed E-state index contributed by atoms with van der Waals surface area (Å²) in [5.74, 6) is 0.107. The van der Waals surface area contributed by atoms with Crippen LogP contribution in [0, 0.1) is 10.1 Å². The Morgan fingerprint density at radius 3 is 2.70 bits per heavy atom. The Morgan fingerprint density at radius 2 is 1.93 bits per heavy atom. The third-order valence-corrected chi connectivity index (χ3v) is 4.46. The molecule has 27 heavy (non-hydrogen) atoms. The summed E-state index contributed by atoms with van der Waals surface area (Å²) >= 11 is 0. The number of rotatable bonds is 5. The molecule has 0 fully saturated rings. The average molecular weight is 367 g/mol. The van der Waals surface area contributed by atoms with Crippen molar-refractivity contribution in [3.63, 3.8) is 0 Å². The molecule has 1 amide bonds. The smallest absolute Gasteiger partial charge is 0.286 e. The van der Waals surface area contributed by atoms with E-state index in [9.17, 15) is 14.9 Å². The number of nitrogens with zero attached hydrogens (tertiary/aromatic N) is 1. The van der Waals surface area contributed by atoms with Gasteiger partial charge in [0.15, 0.2) is 11.5 Å². The van der Waals surface area contributed by atoms with Gasteiger partial charge in [0.1, 0.15) is 18.8 Å². The Labute approximate surface area is 154 Å². The third-order valence-electron chi connectivity index (χ3n) is 4.46. The van der Waals surface area contributed by atoms with Crippen molar-refractivity contribution in [1.82, 2.24) is 10.3 Å². The van der Waals surface area contributed by atoms with Gasteiger partial charge in [-0.05, 0) is 18.1 Å². The predicted octanol–water partition coefficient (Wildman–Crippen LogP) is 2.82. The SMILES string of the molecule is O=C(NCCc1c[nH]c2ccccc12)c1cc2c(cc1[N+](=O)[O-])OCCO2. The van der Waals surface area contributed by atoms with E-state index in [-0.39, 0.29) is 17.0 Å². The number of H-pyrrole nitrogens is 1. The van der Waals surface area contributed by atoms with E-state index >= 15 is 0 Å². The number of hydrogen-bond acceptors (Lipinski definition) is 5. The highest BCUT2D eigenvalue weighted by atomic mass is 16.6.